The number of hydrogen-bond donors (Lipinski definition) is 2. The third-order valence-corrected chi connectivity index (χ3v) is 4.57. The highest BCUT2D eigenvalue weighted by Gasteiger charge is 2.46. The molecule has 1 aliphatic heterocycles. The zero-order chi connectivity index (χ0) is 13.3. The molecule has 0 saturated carbocycles. The van der Waals surface area contributed by atoms with Crippen LogP contribution in [0.15, 0.2) is 24.3 Å². The van der Waals surface area contributed by atoms with E-state index in [2.05, 4.69) is 5.32 Å². The first-order valence-corrected chi connectivity index (χ1v) is 6.63. The van der Waals surface area contributed by atoms with Crippen molar-refractivity contribution in [2.24, 2.45) is 0 Å². The van der Waals surface area contributed by atoms with E-state index >= 15 is 0 Å². The maximum Gasteiger partial charge on any atom is 0.322 e. The van der Waals surface area contributed by atoms with Gasteiger partial charge in [0.05, 0.1) is 12.5 Å². The van der Waals surface area contributed by atoms with Crippen LogP contribution in [0.4, 0.5) is 0 Å². The van der Waals surface area contributed by atoms with Crippen LogP contribution >= 0.6 is 11.8 Å². The molecule has 18 heavy (non-hydrogen) atoms. The summed E-state index contributed by atoms with van der Waals surface area (Å²) in [5.41, 5.74) is 0.988. The molecule has 1 aromatic rings. The number of carboxylic acid groups (broad SMARTS) is 1. The van der Waals surface area contributed by atoms with Crippen molar-refractivity contribution in [1.82, 2.24) is 5.32 Å². The number of para-hydroxylation sites is 1. The van der Waals surface area contributed by atoms with Gasteiger partial charge in [-0.15, -0.1) is 11.8 Å². The maximum atomic E-state index is 11.2. The number of carboxylic acids is 1. The number of benzene rings is 1. The Bertz CT molecular complexity index is 461. The predicted molar refractivity (Wildman–Crippen MR) is 72.0 cm³/mol. The Balaban J connectivity index is 2.29. The second-order valence-electron chi connectivity index (χ2n) is 4.78. The Hall–Kier alpha value is -1.20. The Morgan fingerprint density at radius 2 is 2.11 bits per heavy atom. The lowest BCUT2D eigenvalue weighted by atomic mass is 10.0. The Morgan fingerprint density at radius 3 is 2.67 bits per heavy atom. The first kappa shape index (κ1) is 13.2. The van der Waals surface area contributed by atoms with E-state index in [9.17, 15) is 9.90 Å². The van der Waals surface area contributed by atoms with Crippen molar-refractivity contribution in [3.05, 3.63) is 29.8 Å². The quantitative estimate of drug-likeness (QED) is 0.879. The van der Waals surface area contributed by atoms with Crippen molar-refractivity contribution < 1.29 is 14.6 Å². The van der Waals surface area contributed by atoms with Gasteiger partial charge in [-0.1, -0.05) is 18.2 Å². The topological polar surface area (TPSA) is 58.6 Å². The van der Waals surface area contributed by atoms with Gasteiger partial charge < -0.3 is 9.84 Å². The molecule has 1 heterocycles. The van der Waals surface area contributed by atoms with Crippen molar-refractivity contribution in [3.8, 4) is 5.75 Å². The summed E-state index contributed by atoms with van der Waals surface area (Å²) in [5.74, 6) is -0.0331. The van der Waals surface area contributed by atoms with Gasteiger partial charge in [0, 0.05) is 10.3 Å². The molecule has 1 aliphatic rings. The summed E-state index contributed by atoms with van der Waals surface area (Å²) in [6, 6.07) is 7.13. The second-order valence-corrected chi connectivity index (χ2v) is 6.54. The van der Waals surface area contributed by atoms with Crippen LogP contribution < -0.4 is 10.1 Å². The number of hydrogen-bond acceptors (Lipinski definition) is 4. The van der Waals surface area contributed by atoms with E-state index in [0.29, 0.717) is 0 Å². The van der Waals surface area contributed by atoms with Gasteiger partial charge in [-0.25, -0.2) is 0 Å². The lowest BCUT2D eigenvalue weighted by Gasteiger charge is -2.20. The Kier molecular flexibility index (Phi) is 3.54. The van der Waals surface area contributed by atoms with Crippen LogP contribution in [0, 0.1) is 0 Å². The third kappa shape index (κ3) is 2.33. The first-order chi connectivity index (χ1) is 8.45. The van der Waals surface area contributed by atoms with Crippen LogP contribution in [0.3, 0.4) is 0 Å². The van der Waals surface area contributed by atoms with E-state index in [4.69, 9.17) is 4.74 Å². The van der Waals surface area contributed by atoms with E-state index in [1.54, 1.807) is 18.9 Å². The predicted octanol–water partition coefficient (Wildman–Crippen LogP) is 2.26. The van der Waals surface area contributed by atoms with E-state index < -0.39 is 12.0 Å². The number of aliphatic carboxylic acids is 1. The average molecular weight is 267 g/mol. The summed E-state index contributed by atoms with van der Waals surface area (Å²) in [5, 5.41) is 12.3. The molecule has 0 bridgehead atoms. The fraction of sp³-hybridized carbons (Fsp3) is 0.462. The molecule has 2 atom stereocenters. The number of nitrogens with one attached hydrogen (secondary N) is 1. The molecule has 0 spiro atoms. The minimum absolute atomic E-state index is 0.0581. The van der Waals surface area contributed by atoms with Crippen LogP contribution in [0.2, 0.25) is 0 Å². The fourth-order valence-corrected chi connectivity index (χ4v) is 3.60. The standard InChI is InChI=1S/C13H17NO3S/c1-13(2)10(12(15)16)14-11(18-13)8-6-4-5-7-9(8)17-3/h4-7,10-11,14H,1-3H3,(H,15,16). The van der Waals surface area contributed by atoms with Crippen LogP contribution in [0.5, 0.6) is 5.75 Å². The summed E-state index contributed by atoms with van der Waals surface area (Å²) in [6.07, 6.45) is 0. The van der Waals surface area contributed by atoms with E-state index in [-0.39, 0.29) is 10.1 Å². The first-order valence-electron chi connectivity index (χ1n) is 5.75. The molecular formula is C13H17NO3S. The molecule has 0 aliphatic carbocycles. The van der Waals surface area contributed by atoms with Crippen molar-refractivity contribution in [2.45, 2.75) is 30.0 Å². The molecule has 98 valence electrons. The average Bonchev–Trinajstić information content (AvgIpc) is 2.65. The van der Waals surface area contributed by atoms with Gasteiger partial charge in [-0.3, -0.25) is 10.1 Å². The van der Waals surface area contributed by atoms with Gasteiger partial charge in [0.25, 0.3) is 0 Å². The van der Waals surface area contributed by atoms with Gasteiger partial charge in [0.1, 0.15) is 11.8 Å². The minimum Gasteiger partial charge on any atom is -0.496 e. The van der Waals surface area contributed by atoms with Gasteiger partial charge >= 0.3 is 5.97 Å². The monoisotopic (exact) mass is 267 g/mol. The summed E-state index contributed by atoms with van der Waals surface area (Å²) in [6.45, 7) is 3.89. The summed E-state index contributed by atoms with van der Waals surface area (Å²) >= 11 is 1.61. The number of methoxy groups -OCH3 is 1. The zero-order valence-corrected chi connectivity index (χ0v) is 11.5. The number of carbonyl (C=O) groups is 1. The Labute approximate surface area is 111 Å². The molecular weight excluding hydrogens is 250 g/mol. The van der Waals surface area contributed by atoms with E-state index in [0.717, 1.165) is 11.3 Å². The van der Waals surface area contributed by atoms with Crippen molar-refractivity contribution in [2.75, 3.05) is 7.11 Å². The lowest BCUT2D eigenvalue weighted by Crippen LogP contribution is -2.43. The largest absolute Gasteiger partial charge is 0.496 e. The molecule has 2 unspecified atom stereocenters. The van der Waals surface area contributed by atoms with Gasteiger partial charge in [0.2, 0.25) is 0 Å². The zero-order valence-electron chi connectivity index (χ0n) is 10.6. The van der Waals surface area contributed by atoms with Gasteiger partial charge in [-0.2, -0.15) is 0 Å². The third-order valence-electron chi connectivity index (χ3n) is 3.10. The molecule has 1 fully saturated rings. The normalized spacial score (nSPS) is 25.9. The summed E-state index contributed by atoms with van der Waals surface area (Å²) in [4.78, 5) is 11.2. The van der Waals surface area contributed by atoms with Crippen molar-refractivity contribution in [1.29, 1.82) is 0 Å². The lowest BCUT2D eigenvalue weighted by molar-refractivity contribution is -0.139. The van der Waals surface area contributed by atoms with Gasteiger partial charge in [0.15, 0.2) is 0 Å². The summed E-state index contributed by atoms with van der Waals surface area (Å²) < 4.78 is 4.97. The molecule has 2 N–H and O–H groups in total. The maximum absolute atomic E-state index is 11.2. The molecule has 2 rings (SSSR count). The van der Waals surface area contributed by atoms with E-state index in [1.165, 1.54) is 0 Å². The molecule has 0 aromatic heterocycles. The molecule has 5 heteroatoms. The second kappa shape index (κ2) is 4.82. The van der Waals surface area contributed by atoms with Crippen molar-refractivity contribution in [3.63, 3.8) is 0 Å². The van der Waals surface area contributed by atoms with Gasteiger partial charge in [-0.05, 0) is 19.9 Å². The summed E-state index contributed by atoms with van der Waals surface area (Å²) in [7, 11) is 1.62. The van der Waals surface area contributed by atoms with Crippen LogP contribution in [0.25, 0.3) is 0 Å². The number of rotatable bonds is 3. The van der Waals surface area contributed by atoms with E-state index in [1.807, 2.05) is 38.1 Å². The molecule has 0 amide bonds. The number of ether oxygens (including phenoxy) is 1. The van der Waals surface area contributed by atoms with Crippen molar-refractivity contribution >= 4 is 17.7 Å². The molecule has 0 radical (unpaired) electrons. The van der Waals surface area contributed by atoms with Crippen LogP contribution in [0.1, 0.15) is 24.8 Å². The fourth-order valence-electron chi connectivity index (χ4n) is 2.16. The highest BCUT2D eigenvalue weighted by Crippen LogP contribution is 2.47. The number of thioether (sulfide) groups is 1. The minimum atomic E-state index is -0.815. The molecule has 1 aromatic carbocycles. The SMILES string of the molecule is COc1ccccc1C1NC(C(=O)O)C(C)(C)S1. The van der Waals surface area contributed by atoms with Crippen LogP contribution in [-0.2, 0) is 4.79 Å². The highest BCUT2D eigenvalue weighted by molar-refractivity contribution is 8.01. The van der Waals surface area contributed by atoms with Crippen LogP contribution in [-0.4, -0.2) is 29.0 Å². The smallest absolute Gasteiger partial charge is 0.322 e. The molecule has 1 saturated heterocycles. The molecule has 4 nitrogen and oxygen atoms in total. The highest BCUT2D eigenvalue weighted by atomic mass is 32.2. The Morgan fingerprint density at radius 1 is 1.44 bits per heavy atom.